The summed E-state index contributed by atoms with van der Waals surface area (Å²) in [5.41, 5.74) is 0. The van der Waals surface area contributed by atoms with Gasteiger partial charge in [0.15, 0.2) is 5.96 Å². The molecule has 0 aliphatic heterocycles. The first kappa shape index (κ1) is 17.8. The summed E-state index contributed by atoms with van der Waals surface area (Å²) in [4.78, 5) is 3.66. The molecule has 0 spiro atoms. The zero-order valence-electron chi connectivity index (χ0n) is 10.5. The Hall–Kier alpha value is -1.15. The van der Waals surface area contributed by atoms with Crippen LogP contribution in [0.4, 0.5) is 26.3 Å². The predicted molar refractivity (Wildman–Crippen MR) is 59.9 cm³/mol. The van der Waals surface area contributed by atoms with Crippen LogP contribution in [0.2, 0.25) is 0 Å². The summed E-state index contributed by atoms with van der Waals surface area (Å²) in [7, 11) is 1.37. The number of hydrogen-bond acceptors (Lipinski definition) is 1. The number of unbranched alkanes of at least 4 members (excludes halogenated alkanes) is 1. The molecule has 0 saturated heterocycles. The fourth-order valence-electron chi connectivity index (χ4n) is 1.20. The van der Waals surface area contributed by atoms with E-state index in [1.807, 2.05) is 0 Å². The van der Waals surface area contributed by atoms with Crippen LogP contribution >= 0.6 is 0 Å². The number of guanidine groups is 1. The molecule has 0 radical (unpaired) electrons. The van der Waals surface area contributed by atoms with Gasteiger partial charge in [-0.3, -0.25) is 4.99 Å². The summed E-state index contributed by atoms with van der Waals surface area (Å²) >= 11 is 0. The van der Waals surface area contributed by atoms with E-state index < -0.39 is 25.2 Å². The molecule has 0 saturated carbocycles. The number of nitrogens with one attached hydrogen (secondary N) is 2. The highest BCUT2D eigenvalue weighted by atomic mass is 19.4. The average Bonchev–Trinajstić information content (AvgIpc) is 2.23. The average molecular weight is 293 g/mol. The highest BCUT2D eigenvalue weighted by molar-refractivity contribution is 5.79. The maximum absolute atomic E-state index is 11.9. The van der Waals surface area contributed by atoms with Crippen molar-refractivity contribution in [3.63, 3.8) is 0 Å². The quantitative estimate of drug-likeness (QED) is 0.342. The number of hydrogen-bond donors (Lipinski definition) is 2. The zero-order valence-corrected chi connectivity index (χ0v) is 10.5. The summed E-state index contributed by atoms with van der Waals surface area (Å²) in [6.45, 7) is -0.104. The van der Waals surface area contributed by atoms with Gasteiger partial charge in [0.1, 0.15) is 0 Å². The van der Waals surface area contributed by atoms with Crippen molar-refractivity contribution in [2.45, 2.75) is 38.0 Å². The van der Waals surface area contributed by atoms with Gasteiger partial charge in [-0.1, -0.05) is 0 Å². The minimum Gasteiger partial charge on any atom is -0.356 e. The van der Waals surface area contributed by atoms with Crippen LogP contribution in [0.3, 0.4) is 0 Å². The normalized spacial score (nSPS) is 13.5. The largest absolute Gasteiger partial charge is 0.390 e. The van der Waals surface area contributed by atoms with E-state index >= 15 is 0 Å². The van der Waals surface area contributed by atoms with E-state index in [-0.39, 0.29) is 31.9 Å². The minimum absolute atomic E-state index is 0.0317. The Balaban J connectivity index is 3.67. The maximum atomic E-state index is 11.9. The lowest BCUT2D eigenvalue weighted by molar-refractivity contribution is -0.135. The van der Waals surface area contributed by atoms with Crippen LogP contribution in [0.5, 0.6) is 0 Å². The maximum Gasteiger partial charge on any atom is 0.390 e. The molecule has 0 aromatic heterocycles. The predicted octanol–water partition coefficient (Wildman–Crippen LogP) is 2.84. The second-order valence-electron chi connectivity index (χ2n) is 3.86. The molecule has 19 heavy (non-hydrogen) atoms. The van der Waals surface area contributed by atoms with Crippen molar-refractivity contribution >= 4 is 5.96 Å². The standard InChI is InChI=1S/C10H17F6N3/c1-17-8(19-7-5-10(14,15)16)18-6-3-2-4-9(11,12)13/h2-7H2,1H3,(H2,17,18,19). The van der Waals surface area contributed by atoms with Gasteiger partial charge in [-0.05, 0) is 12.8 Å². The van der Waals surface area contributed by atoms with Crippen molar-refractivity contribution in [3.05, 3.63) is 0 Å². The monoisotopic (exact) mass is 293 g/mol. The van der Waals surface area contributed by atoms with Crippen LogP contribution < -0.4 is 10.6 Å². The molecule has 0 aliphatic rings. The molecule has 0 heterocycles. The van der Waals surface area contributed by atoms with Gasteiger partial charge in [0.2, 0.25) is 0 Å². The molecule has 0 aromatic rings. The zero-order chi connectivity index (χ0) is 14.9. The molecule has 114 valence electrons. The topological polar surface area (TPSA) is 36.4 Å². The first-order valence-electron chi connectivity index (χ1n) is 5.72. The third-order valence-electron chi connectivity index (χ3n) is 2.10. The number of aliphatic imine (C=N–C) groups is 1. The van der Waals surface area contributed by atoms with E-state index in [0.29, 0.717) is 0 Å². The Kier molecular flexibility index (Phi) is 7.62. The molecule has 2 N–H and O–H groups in total. The Bertz CT molecular complexity index is 271. The van der Waals surface area contributed by atoms with E-state index in [1.54, 1.807) is 0 Å². The Morgan fingerprint density at radius 3 is 1.84 bits per heavy atom. The fourth-order valence-corrected chi connectivity index (χ4v) is 1.20. The molecular weight excluding hydrogens is 276 g/mol. The van der Waals surface area contributed by atoms with E-state index in [2.05, 4.69) is 15.6 Å². The van der Waals surface area contributed by atoms with Gasteiger partial charge in [-0.15, -0.1) is 0 Å². The van der Waals surface area contributed by atoms with Crippen molar-refractivity contribution in [2.24, 2.45) is 4.99 Å². The fraction of sp³-hybridized carbons (Fsp3) is 0.900. The van der Waals surface area contributed by atoms with Crippen LogP contribution in [0.15, 0.2) is 4.99 Å². The Morgan fingerprint density at radius 2 is 1.37 bits per heavy atom. The highest BCUT2D eigenvalue weighted by Gasteiger charge is 2.26. The minimum atomic E-state index is -4.25. The highest BCUT2D eigenvalue weighted by Crippen LogP contribution is 2.21. The molecule has 0 unspecified atom stereocenters. The summed E-state index contributed by atoms with van der Waals surface area (Å²) in [5, 5.41) is 5.08. The molecule has 0 rings (SSSR count). The van der Waals surface area contributed by atoms with Crippen LogP contribution in [0.25, 0.3) is 0 Å². The van der Waals surface area contributed by atoms with Gasteiger partial charge >= 0.3 is 12.4 Å². The number of nitrogens with zero attached hydrogens (tertiary/aromatic N) is 1. The van der Waals surface area contributed by atoms with E-state index in [0.717, 1.165) is 0 Å². The second kappa shape index (κ2) is 8.11. The van der Waals surface area contributed by atoms with Crippen molar-refractivity contribution in [3.8, 4) is 0 Å². The number of rotatable bonds is 6. The van der Waals surface area contributed by atoms with Gasteiger partial charge < -0.3 is 10.6 Å². The van der Waals surface area contributed by atoms with Crippen molar-refractivity contribution in [1.29, 1.82) is 0 Å². The molecule has 0 amide bonds. The van der Waals surface area contributed by atoms with Gasteiger partial charge in [-0.2, -0.15) is 26.3 Å². The summed E-state index contributed by atoms with van der Waals surface area (Å²) in [5.74, 6) is 0.149. The molecule has 0 atom stereocenters. The van der Waals surface area contributed by atoms with E-state index in [1.165, 1.54) is 7.05 Å². The number of alkyl halides is 6. The summed E-state index contributed by atoms with van der Waals surface area (Å²) < 4.78 is 71.1. The third-order valence-corrected chi connectivity index (χ3v) is 2.10. The smallest absolute Gasteiger partial charge is 0.356 e. The first-order chi connectivity index (χ1) is 8.64. The Morgan fingerprint density at radius 1 is 0.842 bits per heavy atom. The van der Waals surface area contributed by atoms with Crippen molar-refractivity contribution < 1.29 is 26.3 Å². The van der Waals surface area contributed by atoms with Gasteiger partial charge in [0.25, 0.3) is 0 Å². The molecule has 0 aliphatic carbocycles. The first-order valence-corrected chi connectivity index (χ1v) is 5.72. The molecule has 3 nitrogen and oxygen atoms in total. The summed E-state index contributed by atoms with van der Waals surface area (Å²) in [6.07, 6.45) is -10.1. The van der Waals surface area contributed by atoms with Crippen LogP contribution in [0, 0.1) is 0 Å². The third kappa shape index (κ3) is 13.1. The summed E-state index contributed by atoms with van der Waals surface area (Å²) in [6, 6.07) is 0. The van der Waals surface area contributed by atoms with Crippen molar-refractivity contribution in [1.82, 2.24) is 10.6 Å². The van der Waals surface area contributed by atoms with E-state index in [9.17, 15) is 26.3 Å². The lowest BCUT2D eigenvalue weighted by atomic mass is 10.2. The lowest BCUT2D eigenvalue weighted by Crippen LogP contribution is -2.39. The molecule has 0 bridgehead atoms. The molecule has 0 fully saturated rings. The van der Waals surface area contributed by atoms with Gasteiger partial charge in [0.05, 0.1) is 6.42 Å². The molecule has 9 heteroatoms. The molecular formula is C10H17F6N3. The van der Waals surface area contributed by atoms with Gasteiger partial charge in [0, 0.05) is 26.6 Å². The van der Waals surface area contributed by atoms with E-state index in [4.69, 9.17) is 0 Å². The second-order valence-corrected chi connectivity index (χ2v) is 3.86. The molecule has 0 aromatic carbocycles. The van der Waals surface area contributed by atoms with Crippen LogP contribution in [-0.4, -0.2) is 38.4 Å². The SMILES string of the molecule is CN=C(NCCCCC(F)(F)F)NCCC(F)(F)F. The number of halogens is 6. The van der Waals surface area contributed by atoms with Crippen molar-refractivity contribution in [2.75, 3.05) is 20.1 Å². The Labute approximate surface area is 107 Å². The van der Waals surface area contributed by atoms with Gasteiger partial charge in [-0.25, -0.2) is 0 Å². The lowest BCUT2D eigenvalue weighted by Gasteiger charge is -2.13. The van der Waals surface area contributed by atoms with Crippen LogP contribution in [0.1, 0.15) is 25.7 Å². The van der Waals surface area contributed by atoms with Crippen LogP contribution in [-0.2, 0) is 0 Å².